The average molecular weight is 88.1 g/mol. The zero-order chi connectivity index (χ0) is 5.54. The van der Waals surface area contributed by atoms with Crippen molar-refractivity contribution >= 4 is 0 Å². The molecular formula is C7H4. The minimum atomic E-state index is 1.47. The van der Waals surface area contributed by atoms with Gasteiger partial charge in [-0.3, -0.25) is 0 Å². The fourth-order valence-electron chi connectivity index (χ4n) is 0.129. The third-order valence-corrected chi connectivity index (χ3v) is 0.319. The maximum atomic E-state index is 4.78. The Morgan fingerprint density at radius 2 is 2.29 bits per heavy atom. The van der Waals surface area contributed by atoms with E-state index in [-0.39, 0.29) is 0 Å². The van der Waals surface area contributed by atoms with Crippen LogP contribution in [0.2, 0.25) is 0 Å². The molecule has 0 radical (unpaired) electrons. The summed E-state index contributed by atoms with van der Waals surface area (Å²) < 4.78 is 0. The third-order valence-electron chi connectivity index (χ3n) is 0.319. The highest BCUT2D eigenvalue weighted by Crippen LogP contribution is 1.54. The van der Waals surface area contributed by atoms with Crippen LogP contribution in [-0.2, 0) is 0 Å². The first-order valence-electron chi connectivity index (χ1n) is 1.72. The van der Waals surface area contributed by atoms with Crippen molar-refractivity contribution < 1.29 is 0 Å². The van der Waals surface area contributed by atoms with Crippen LogP contribution in [0.15, 0.2) is 18.4 Å². The molecule has 0 saturated heterocycles. The fraction of sp³-hybridized carbons (Fsp3) is 0. The topological polar surface area (TPSA) is 0 Å². The zero-order valence-corrected chi connectivity index (χ0v) is 3.86. The van der Waals surface area contributed by atoms with E-state index in [2.05, 4.69) is 30.1 Å². The molecule has 0 heterocycles. The molecule has 0 aromatic rings. The summed E-state index contributed by atoms with van der Waals surface area (Å²) in [6.07, 6.45) is 6.25. The van der Waals surface area contributed by atoms with E-state index in [0.717, 1.165) is 0 Å². The monoisotopic (exact) mass is 88.0 g/mol. The van der Waals surface area contributed by atoms with E-state index in [1.807, 2.05) is 0 Å². The van der Waals surface area contributed by atoms with E-state index >= 15 is 0 Å². The molecule has 0 aliphatic carbocycles. The number of terminal acetylenes is 1. The van der Waals surface area contributed by atoms with Crippen molar-refractivity contribution in [2.45, 2.75) is 0 Å². The molecule has 0 fully saturated rings. The summed E-state index contributed by atoms with van der Waals surface area (Å²) in [6.45, 7) is 3.28. The largest absolute Gasteiger partial charge is 0.120 e. The lowest BCUT2D eigenvalue weighted by Gasteiger charge is -1.50. The minimum absolute atomic E-state index is 1.47. The first-order valence-corrected chi connectivity index (χ1v) is 1.72. The van der Waals surface area contributed by atoms with Crippen LogP contribution < -0.4 is 0 Å². The second-order valence-electron chi connectivity index (χ2n) is 0.762. The second kappa shape index (κ2) is 4.64. The van der Waals surface area contributed by atoms with E-state index in [0.29, 0.717) is 0 Å². The third kappa shape index (κ3) is 4.64. The van der Waals surface area contributed by atoms with Crippen molar-refractivity contribution in [2.75, 3.05) is 0 Å². The molecule has 0 heteroatoms. The summed E-state index contributed by atoms with van der Waals surface area (Å²) in [5.41, 5.74) is 2.46. The summed E-state index contributed by atoms with van der Waals surface area (Å²) in [7, 11) is 0. The van der Waals surface area contributed by atoms with Crippen LogP contribution in [0.3, 0.4) is 0 Å². The van der Waals surface area contributed by atoms with Gasteiger partial charge < -0.3 is 0 Å². The van der Waals surface area contributed by atoms with Gasteiger partial charge in [0.2, 0.25) is 0 Å². The van der Waals surface area contributed by atoms with E-state index < -0.39 is 0 Å². The summed E-state index contributed by atoms with van der Waals surface area (Å²) in [4.78, 5) is 0. The van der Waals surface area contributed by atoms with Crippen molar-refractivity contribution in [2.24, 2.45) is 0 Å². The lowest BCUT2D eigenvalue weighted by atomic mass is 10.5. The summed E-state index contributed by atoms with van der Waals surface area (Å²) in [6, 6.07) is 0. The van der Waals surface area contributed by atoms with Gasteiger partial charge in [-0.25, -0.2) is 0 Å². The quantitative estimate of drug-likeness (QED) is 0.305. The van der Waals surface area contributed by atoms with E-state index in [1.165, 1.54) is 6.08 Å². The Bertz CT molecular complexity index is 174. The van der Waals surface area contributed by atoms with Gasteiger partial charge in [0, 0.05) is 6.08 Å². The minimum Gasteiger partial charge on any atom is -0.120 e. The SMILES string of the molecule is C#CC#CC=C=C. The Hall–Kier alpha value is -1.36. The van der Waals surface area contributed by atoms with E-state index in [9.17, 15) is 0 Å². The van der Waals surface area contributed by atoms with Crippen LogP contribution in [0, 0.1) is 24.2 Å². The molecule has 7 heavy (non-hydrogen) atoms. The number of hydrogen-bond acceptors (Lipinski definition) is 0. The molecule has 32 valence electrons. The van der Waals surface area contributed by atoms with Crippen LogP contribution >= 0.6 is 0 Å². The van der Waals surface area contributed by atoms with Gasteiger partial charge in [-0.1, -0.05) is 12.5 Å². The van der Waals surface area contributed by atoms with E-state index in [1.54, 1.807) is 0 Å². The molecule has 0 unspecified atom stereocenters. The fourth-order valence-corrected chi connectivity index (χ4v) is 0.129. The molecule has 0 aliphatic heterocycles. The smallest absolute Gasteiger partial charge is 0.0306 e. The highest BCUT2D eigenvalue weighted by atomic mass is 13.5. The maximum Gasteiger partial charge on any atom is 0.0306 e. The van der Waals surface area contributed by atoms with Gasteiger partial charge in [0.05, 0.1) is 0 Å². The van der Waals surface area contributed by atoms with Crippen molar-refractivity contribution in [3.63, 3.8) is 0 Å². The van der Waals surface area contributed by atoms with Gasteiger partial charge >= 0.3 is 0 Å². The Kier molecular flexibility index (Phi) is 3.74. The van der Waals surface area contributed by atoms with Crippen molar-refractivity contribution in [1.29, 1.82) is 0 Å². The van der Waals surface area contributed by atoms with Crippen LogP contribution in [-0.4, -0.2) is 0 Å². The van der Waals surface area contributed by atoms with Crippen LogP contribution in [0.25, 0.3) is 0 Å². The molecule has 0 nitrogen and oxygen atoms in total. The summed E-state index contributed by atoms with van der Waals surface area (Å²) in [5.74, 6) is 7.01. The molecule has 0 atom stereocenters. The zero-order valence-electron chi connectivity index (χ0n) is 3.86. The molecule has 0 spiro atoms. The molecule has 0 saturated carbocycles. The normalized spacial score (nSPS) is 3.86. The standard InChI is InChI=1S/C7H4/c1-3-5-7-6-4-2/h1,6H,2H2. The van der Waals surface area contributed by atoms with Gasteiger partial charge in [0.25, 0.3) is 0 Å². The lowest BCUT2D eigenvalue weighted by Crippen LogP contribution is -1.42. The van der Waals surface area contributed by atoms with Gasteiger partial charge in [-0.15, -0.1) is 12.2 Å². The molecule has 0 aliphatic rings. The molecule has 0 aromatic carbocycles. The van der Waals surface area contributed by atoms with Crippen molar-refractivity contribution in [3.8, 4) is 24.2 Å². The first kappa shape index (κ1) is 5.64. The highest BCUT2D eigenvalue weighted by molar-refractivity contribution is 5.27. The van der Waals surface area contributed by atoms with Crippen molar-refractivity contribution in [1.82, 2.24) is 0 Å². The van der Waals surface area contributed by atoms with Crippen LogP contribution in [0.4, 0.5) is 0 Å². The Balaban J connectivity index is 3.75. The second-order valence-corrected chi connectivity index (χ2v) is 0.762. The number of allylic oxidation sites excluding steroid dienone is 1. The Morgan fingerprint density at radius 1 is 1.57 bits per heavy atom. The van der Waals surface area contributed by atoms with Gasteiger partial charge in [-0.2, -0.15) is 0 Å². The van der Waals surface area contributed by atoms with Crippen LogP contribution in [0.1, 0.15) is 0 Å². The highest BCUT2D eigenvalue weighted by Gasteiger charge is 1.45. The summed E-state index contributed by atoms with van der Waals surface area (Å²) in [5, 5.41) is 0. The van der Waals surface area contributed by atoms with Crippen LogP contribution in [0.5, 0.6) is 0 Å². The lowest BCUT2D eigenvalue weighted by molar-refractivity contribution is 2.22. The molecule has 0 rings (SSSR count). The average Bonchev–Trinajstić information content (AvgIpc) is 1.69. The predicted molar refractivity (Wildman–Crippen MR) is 30.3 cm³/mol. The predicted octanol–water partition coefficient (Wildman–Crippen LogP) is 0.964. The molecule has 0 bridgehead atoms. The number of hydrogen-bond donors (Lipinski definition) is 0. The molecular weight excluding hydrogens is 84.1 g/mol. The van der Waals surface area contributed by atoms with E-state index in [4.69, 9.17) is 6.42 Å². The van der Waals surface area contributed by atoms with Gasteiger partial charge in [0.1, 0.15) is 0 Å². The Morgan fingerprint density at radius 3 is 2.71 bits per heavy atom. The van der Waals surface area contributed by atoms with Gasteiger partial charge in [-0.05, 0) is 11.8 Å². The first-order chi connectivity index (χ1) is 3.41. The summed E-state index contributed by atoms with van der Waals surface area (Å²) >= 11 is 0. The molecule has 0 aromatic heterocycles. The van der Waals surface area contributed by atoms with Gasteiger partial charge in [0.15, 0.2) is 0 Å². The van der Waals surface area contributed by atoms with Crippen molar-refractivity contribution in [3.05, 3.63) is 18.4 Å². The molecule has 0 N–H and O–H groups in total. The Labute approximate surface area is 43.5 Å². The molecule has 0 amide bonds. The maximum absolute atomic E-state index is 4.78. The number of rotatable bonds is 0.